The van der Waals surface area contributed by atoms with Gasteiger partial charge in [-0.25, -0.2) is 0 Å². The maximum Gasteiger partial charge on any atom is 0.103 e. The molecule has 0 bridgehead atoms. The molecule has 1 aliphatic carbocycles. The molecule has 0 aromatic carbocycles. The summed E-state index contributed by atoms with van der Waals surface area (Å²) >= 11 is 0. The van der Waals surface area contributed by atoms with Gasteiger partial charge in [0, 0.05) is 6.42 Å². The van der Waals surface area contributed by atoms with Crippen molar-refractivity contribution in [3.63, 3.8) is 0 Å². The van der Waals surface area contributed by atoms with Gasteiger partial charge in [-0.3, -0.25) is 0 Å². The third kappa shape index (κ3) is 2.90. The number of hydrogen-bond donors (Lipinski definition) is 0. The highest BCUT2D eigenvalue weighted by molar-refractivity contribution is 4.97. The van der Waals surface area contributed by atoms with Crippen molar-refractivity contribution in [3.8, 4) is 0 Å². The number of rotatable bonds is 4. The zero-order valence-electron chi connectivity index (χ0n) is 8.87. The minimum Gasteiger partial charge on any atom is -0.469 e. The molecule has 0 saturated heterocycles. The van der Waals surface area contributed by atoms with Crippen molar-refractivity contribution in [2.24, 2.45) is 5.92 Å². The van der Waals surface area contributed by atoms with Gasteiger partial charge >= 0.3 is 0 Å². The molecular weight excluding hydrogens is 172 g/mol. The van der Waals surface area contributed by atoms with Gasteiger partial charge in [-0.15, -0.1) is 0 Å². The summed E-state index contributed by atoms with van der Waals surface area (Å²) in [5.74, 6) is 2.17. The van der Waals surface area contributed by atoms with Gasteiger partial charge in [-0.05, 0) is 24.5 Å². The van der Waals surface area contributed by atoms with Crippen molar-refractivity contribution in [1.82, 2.24) is 0 Å². The standard InChI is InChI=1S/C13H20O/c1-2-6-12(7-3-1)8-4-9-13-10-5-11-14-13/h5,10-12H,1-4,6-9H2. The van der Waals surface area contributed by atoms with Crippen LogP contribution in [0, 0.1) is 5.92 Å². The quantitative estimate of drug-likeness (QED) is 0.697. The van der Waals surface area contributed by atoms with Crippen molar-refractivity contribution >= 4 is 0 Å². The second-order valence-electron chi connectivity index (χ2n) is 4.48. The Bertz CT molecular complexity index is 232. The summed E-state index contributed by atoms with van der Waals surface area (Å²) in [6.07, 6.45) is 12.9. The highest BCUT2D eigenvalue weighted by atomic mass is 16.3. The maximum atomic E-state index is 5.32. The van der Waals surface area contributed by atoms with E-state index in [-0.39, 0.29) is 0 Å². The molecule has 0 aliphatic heterocycles. The minimum atomic E-state index is 1.01. The van der Waals surface area contributed by atoms with E-state index in [2.05, 4.69) is 6.07 Å². The van der Waals surface area contributed by atoms with E-state index in [0.717, 1.165) is 18.1 Å². The van der Waals surface area contributed by atoms with Gasteiger partial charge < -0.3 is 4.42 Å². The Balaban J connectivity index is 1.62. The largest absolute Gasteiger partial charge is 0.469 e. The third-order valence-electron chi connectivity index (χ3n) is 3.34. The molecule has 1 fully saturated rings. The Morgan fingerprint density at radius 2 is 2.07 bits per heavy atom. The molecule has 1 heteroatoms. The average molecular weight is 192 g/mol. The van der Waals surface area contributed by atoms with E-state index in [1.807, 2.05) is 6.07 Å². The molecule has 0 unspecified atom stereocenters. The maximum absolute atomic E-state index is 5.32. The summed E-state index contributed by atoms with van der Waals surface area (Å²) in [5, 5.41) is 0. The van der Waals surface area contributed by atoms with Crippen molar-refractivity contribution in [1.29, 1.82) is 0 Å². The first-order chi connectivity index (χ1) is 6.95. The fourth-order valence-electron chi connectivity index (χ4n) is 2.50. The Morgan fingerprint density at radius 3 is 2.79 bits per heavy atom. The van der Waals surface area contributed by atoms with Crippen molar-refractivity contribution in [2.75, 3.05) is 0 Å². The lowest BCUT2D eigenvalue weighted by Gasteiger charge is -2.20. The highest BCUT2D eigenvalue weighted by Gasteiger charge is 2.12. The molecule has 0 radical (unpaired) electrons. The van der Waals surface area contributed by atoms with Gasteiger partial charge in [-0.2, -0.15) is 0 Å². The van der Waals surface area contributed by atoms with E-state index in [0.29, 0.717) is 0 Å². The summed E-state index contributed by atoms with van der Waals surface area (Å²) in [6.45, 7) is 0. The van der Waals surface area contributed by atoms with Crippen LogP contribution in [-0.4, -0.2) is 0 Å². The topological polar surface area (TPSA) is 13.1 Å². The molecule has 1 nitrogen and oxygen atoms in total. The van der Waals surface area contributed by atoms with E-state index < -0.39 is 0 Å². The Kier molecular flexibility index (Phi) is 3.67. The molecular formula is C13H20O. The first-order valence-corrected chi connectivity index (χ1v) is 5.97. The predicted molar refractivity (Wildman–Crippen MR) is 58.2 cm³/mol. The molecule has 1 aliphatic rings. The van der Waals surface area contributed by atoms with Crippen LogP contribution in [-0.2, 0) is 6.42 Å². The van der Waals surface area contributed by atoms with E-state index in [1.165, 1.54) is 44.9 Å². The van der Waals surface area contributed by atoms with Gasteiger partial charge in [0.2, 0.25) is 0 Å². The second kappa shape index (κ2) is 5.23. The summed E-state index contributed by atoms with van der Waals surface area (Å²) in [6, 6.07) is 4.07. The van der Waals surface area contributed by atoms with Crippen LogP contribution in [0.5, 0.6) is 0 Å². The normalized spacial score (nSPS) is 18.6. The first-order valence-electron chi connectivity index (χ1n) is 5.97. The molecule has 0 N–H and O–H groups in total. The third-order valence-corrected chi connectivity index (χ3v) is 3.34. The monoisotopic (exact) mass is 192 g/mol. The van der Waals surface area contributed by atoms with Crippen LogP contribution in [0.1, 0.15) is 50.7 Å². The summed E-state index contributed by atoms with van der Waals surface area (Å²) in [5.41, 5.74) is 0. The Labute approximate surface area is 86.5 Å². The highest BCUT2D eigenvalue weighted by Crippen LogP contribution is 2.27. The van der Waals surface area contributed by atoms with E-state index in [9.17, 15) is 0 Å². The van der Waals surface area contributed by atoms with Crippen LogP contribution < -0.4 is 0 Å². The van der Waals surface area contributed by atoms with Gasteiger partial charge in [0.15, 0.2) is 0 Å². The molecule has 0 atom stereocenters. The summed E-state index contributed by atoms with van der Waals surface area (Å²) in [4.78, 5) is 0. The SMILES string of the molecule is c1coc(CCCC2CCCCC2)c1. The van der Waals surface area contributed by atoms with Crippen LogP contribution in [0.2, 0.25) is 0 Å². The van der Waals surface area contributed by atoms with Gasteiger partial charge in [0.25, 0.3) is 0 Å². The van der Waals surface area contributed by atoms with Crippen molar-refractivity contribution < 1.29 is 4.42 Å². The molecule has 2 rings (SSSR count). The molecule has 0 spiro atoms. The number of aryl methyl sites for hydroxylation is 1. The van der Waals surface area contributed by atoms with E-state index in [4.69, 9.17) is 4.42 Å². The molecule has 1 saturated carbocycles. The van der Waals surface area contributed by atoms with Gasteiger partial charge in [0.1, 0.15) is 5.76 Å². The molecule has 14 heavy (non-hydrogen) atoms. The predicted octanol–water partition coefficient (Wildman–Crippen LogP) is 4.18. The number of furan rings is 1. The van der Waals surface area contributed by atoms with Crippen molar-refractivity contribution in [2.45, 2.75) is 51.4 Å². The lowest BCUT2D eigenvalue weighted by molar-refractivity contribution is 0.329. The zero-order valence-corrected chi connectivity index (χ0v) is 8.87. The van der Waals surface area contributed by atoms with Crippen LogP contribution in [0.4, 0.5) is 0 Å². The van der Waals surface area contributed by atoms with Crippen LogP contribution in [0.15, 0.2) is 22.8 Å². The Morgan fingerprint density at radius 1 is 1.21 bits per heavy atom. The van der Waals surface area contributed by atoms with Crippen molar-refractivity contribution in [3.05, 3.63) is 24.2 Å². The van der Waals surface area contributed by atoms with Crippen LogP contribution in [0.25, 0.3) is 0 Å². The zero-order chi connectivity index (χ0) is 9.64. The second-order valence-corrected chi connectivity index (χ2v) is 4.48. The molecule has 0 amide bonds. The van der Waals surface area contributed by atoms with E-state index in [1.54, 1.807) is 6.26 Å². The van der Waals surface area contributed by atoms with E-state index >= 15 is 0 Å². The van der Waals surface area contributed by atoms with Crippen LogP contribution in [0.3, 0.4) is 0 Å². The first kappa shape index (κ1) is 9.82. The summed E-state index contributed by atoms with van der Waals surface area (Å²) < 4.78 is 5.32. The summed E-state index contributed by atoms with van der Waals surface area (Å²) in [7, 11) is 0. The van der Waals surface area contributed by atoms with Gasteiger partial charge in [0.05, 0.1) is 6.26 Å². The molecule has 1 aromatic heterocycles. The molecule has 1 heterocycles. The molecule has 1 aromatic rings. The fourth-order valence-corrected chi connectivity index (χ4v) is 2.50. The van der Waals surface area contributed by atoms with Crippen LogP contribution >= 0.6 is 0 Å². The number of hydrogen-bond acceptors (Lipinski definition) is 1. The fraction of sp³-hybridized carbons (Fsp3) is 0.692. The lowest BCUT2D eigenvalue weighted by atomic mass is 9.86. The average Bonchev–Trinajstić information content (AvgIpc) is 2.72. The minimum absolute atomic E-state index is 1.01. The molecule has 78 valence electrons. The Hall–Kier alpha value is -0.720. The lowest BCUT2D eigenvalue weighted by Crippen LogP contribution is -2.06. The van der Waals surface area contributed by atoms with Gasteiger partial charge in [-0.1, -0.05) is 38.5 Å². The smallest absolute Gasteiger partial charge is 0.103 e.